The Bertz CT molecular complexity index is 191. The van der Waals surface area contributed by atoms with E-state index in [1.807, 2.05) is 0 Å². The third kappa shape index (κ3) is 1.82. The molecule has 0 bridgehead atoms. The minimum absolute atomic E-state index is 0.0671. The second-order valence-corrected chi connectivity index (χ2v) is 5.16. The molecule has 0 radical (unpaired) electrons. The Morgan fingerprint density at radius 3 is 2.21 bits per heavy atom. The molecule has 2 nitrogen and oxygen atoms in total. The van der Waals surface area contributed by atoms with Crippen LogP contribution in [0.3, 0.4) is 0 Å². The van der Waals surface area contributed by atoms with Crippen molar-refractivity contribution in [1.82, 2.24) is 4.90 Å². The highest BCUT2D eigenvalue weighted by Crippen LogP contribution is 2.34. The van der Waals surface area contributed by atoms with Crippen LogP contribution >= 0.6 is 0 Å². The van der Waals surface area contributed by atoms with E-state index in [1.165, 1.54) is 32.1 Å². The summed E-state index contributed by atoms with van der Waals surface area (Å²) in [6, 6.07) is 1.10. The summed E-state index contributed by atoms with van der Waals surface area (Å²) in [5.74, 6) is 0.896. The molecule has 1 unspecified atom stereocenters. The number of rotatable bonds is 3. The lowest BCUT2D eigenvalue weighted by Gasteiger charge is -2.41. The summed E-state index contributed by atoms with van der Waals surface area (Å²) in [7, 11) is 2.20. The first-order chi connectivity index (χ1) is 6.70. The van der Waals surface area contributed by atoms with Crippen LogP contribution in [0.15, 0.2) is 0 Å². The highest BCUT2D eigenvalue weighted by Gasteiger charge is 2.35. The van der Waals surface area contributed by atoms with Crippen LogP contribution in [0.25, 0.3) is 0 Å². The van der Waals surface area contributed by atoms with Gasteiger partial charge in [-0.25, -0.2) is 0 Å². The fourth-order valence-corrected chi connectivity index (χ4v) is 2.95. The van der Waals surface area contributed by atoms with Crippen molar-refractivity contribution in [3.63, 3.8) is 0 Å². The number of hydrogen-bond acceptors (Lipinski definition) is 2. The zero-order valence-corrected chi connectivity index (χ0v) is 9.45. The first-order valence-electron chi connectivity index (χ1n) is 6.10. The minimum Gasteiger partial charge on any atom is -0.391 e. The van der Waals surface area contributed by atoms with Gasteiger partial charge in [0.25, 0.3) is 0 Å². The number of aliphatic hydroxyl groups is 1. The van der Waals surface area contributed by atoms with Crippen LogP contribution in [-0.2, 0) is 0 Å². The molecule has 2 saturated carbocycles. The van der Waals surface area contributed by atoms with Crippen molar-refractivity contribution in [3.05, 3.63) is 0 Å². The average molecular weight is 197 g/mol. The Morgan fingerprint density at radius 1 is 1.14 bits per heavy atom. The lowest BCUT2D eigenvalue weighted by atomic mass is 9.79. The molecule has 0 spiro atoms. The second kappa shape index (κ2) is 4.19. The van der Waals surface area contributed by atoms with Crippen LogP contribution in [0.4, 0.5) is 0 Å². The zero-order valence-electron chi connectivity index (χ0n) is 9.45. The zero-order chi connectivity index (χ0) is 10.1. The molecule has 0 saturated heterocycles. The summed E-state index contributed by atoms with van der Waals surface area (Å²) < 4.78 is 0. The maximum Gasteiger partial charge on any atom is 0.0695 e. The number of hydrogen-bond donors (Lipinski definition) is 1. The van der Waals surface area contributed by atoms with Crippen molar-refractivity contribution in [1.29, 1.82) is 0 Å². The van der Waals surface area contributed by atoms with Gasteiger partial charge in [-0.2, -0.15) is 0 Å². The average Bonchev–Trinajstić information content (AvgIpc) is 2.47. The third-order valence-electron chi connectivity index (χ3n) is 4.44. The molecule has 82 valence electrons. The van der Waals surface area contributed by atoms with Crippen molar-refractivity contribution in [2.24, 2.45) is 5.92 Å². The fraction of sp³-hybridized carbons (Fsp3) is 1.00. The quantitative estimate of drug-likeness (QED) is 0.748. The first-order valence-corrected chi connectivity index (χ1v) is 6.10. The molecule has 1 N–H and O–H groups in total. The largest absolute Gasteiger partial charge is 0.391 e. The normalized spacial score (nSPS) is 36.0. The Labute approximate surface area is 87.3 Å². The smallest absolute Gasteiger partial charge is 0.0695 e. The van der Waals surface area contributed by atoms with E-state index in [2.05, 4.69) is 18.9 Å². The predicted octanol–water partition coefficient (Wildman–Crippen LogP) is 2.02. The molecule has 0 aromatic rings. The van der Waals surface area contributed by atoms with E-state index in [-0.39, 0.29) is 6.10 Å². The lowest BCUT2D eigenvalue weighted by Crippen LogP contribution is -2.47. The molecule has 0 aromatic carbocycles. The van der Waals surface area contributed by atoms with Gasteiger partial charge in [0.05, 0.1) is 6.10 Å². The highest BCUT2D eigenvalue weighted by molar-refractivity contribution is 4.89. The van der Waals surface area contributed by atoms with Gasteiger partial charge in [-0.05, 0) is 52.0 Å². The van der Waals surface area contributed by atoms with Crippen LogP contribution in [0.1, 0.15) is 45.4 Å². The van der Waals surface area contributed by atoms with E-state index in [0.29, 0.717) is 12.1 Å². The van der Waals surface area contributed by atoms with Gasteiger partial charge < -0.3 is 5.11 Å². The van der Waals surface area contributed by atoms with Gasteiger partial charge >= 0.3 is 0 Å². The monoisotopic (exact) mass is 197 g/mol. The predicted molar refractivity (Wildman–Crippen MR) is 58.2 cm³/mol. The molecule has 2 heteroatoms. The van der Waals surface area contributed by atoms with E-state index in [1.54, 1.807) is 0 Å². The molecule has 0 amide bonds. The van der Waals surface area contributed by atoms with Crippen LogP contribution in [0.5, 0.6) is 0 Å². The molecular weight excluding hydrogens is 174 g/mol. The Kier molecular flexibility index (Phi) is 3.13. The maximum atomic E-state index is 9.84. The van der Waals surface area contributed by atoms with Gasteiger partial charge in [0, 0.05) is 12.1 Å². The summed E-state index contributed by atoms with van der Waals surface area (Å²) in [6.45, 7) is 2.33. The molecule has 2 rings (SSSR count). The van der Waals surface area contributed by atoms with Crippen LogP contribution in [0, 0.1) is 5.92 Å². The van der Waals surface area contributed by atoms with E-state index in [4.69, 9.17) is 0 Å². The van der Waals surface area contributed by atoms with Crippen molar-refractivity contribution in [3.8, 4) is 0 Å². The SMILES string of the molecule is CC(C1CCC1)N(C)[C@H]1CCC[C@@H]1O. The summed E-state index contributed by atoms with van der Waals surface area (Å²) >= 11 is 0. The molecule has 2 aliphatic carbocycles. The van der Waals surface area contributed by atoms with Crippen molar-refractivity contribution in [2.75, 3.05) is 7.05 Å². The van der Waals surface area contributed by atoms with Gasteiger partial charge in [0.15, 0.2) is 0 Å². The topological polar surface area (TPSA) is 23.5 Å². The third-order valence-corrected chi connectivity index (χ3v) is 4.44. The van der Waals surface area contributed by atoms with E-state index in [0.717, 1.165) is 12.3 Å². The van der Waals surface area contributed by atoms with Crippen molar-refractivity contribution >= 4 is 0 Å². The maximum absolute atomic E-state index is 9.84. The number of likely N-dealkylation sites (N-methyl/N-ethyl adjacent to an activating group) is 1. The van der Waals surface area contributed by atoms with Crippen LogP contribution in [0.2, 0.25) is 0 Å². The van der Waals surface area contributed by atoms with E-state index in [9.17, 15) is 5.11 Å². The standard InChI is InChI=1S/C12H23NO/c1-9(10-5-3-6-10)13(2)11-7-4-8-12(11)14/h9-12,14H,3-8H2,1-2H3/t9?,11-,12-/m0/s1. The van der Waals surface area contributed by atoms with Crippen LogP contribution < -0.4 is 0 Å². The summed E-state index contributed by atoms with van der Waals surface area (Å²) in [6.07, 6.45) is 7.54. The minimum atomic E-state index is -0.0671. The molecule has 14 heavy (non-hydrogen) atoms. The van der Waals surface area contributed by atoms with Crippen molar-refractivity contribution < 1.29 is 5.11 Å². The molecule has 2 fully saturated rings. The van der Waals surface area contributed by atoms with E-state index < -0.39 is 0 Å². The first kappa shape index (κ1) is 10.4. The Morgan fingerprint density at radius 2 is 1.79 bits per heavy atom. The number of nitrogens with zero attached hydrogens (tertiary/aromatic N) is 1. The molecule has 0 aliphatic heterocycles. The molecular formula is C12H23NO. The molecule has 0 aromatic heterocycles. The van der Waals surface area contributed by atoms with Gasteiger partial charge in [-0.3, -0.25) is 4.90 Å². The van der Waals surface area contributed by atoms with Gasteiger partial charge in [-0.15, -0.1) is 0 Å². The number of aliphatic hydroxyl groups excluding tert-OH is 1. The summed E-state index contributed by atoms with van der Waals surface area (Å²) in [5, 5.41) is 9.84. The highest BCUT2D eigenvalue weighted by atomic mass is 16.3. The van der Waals surface area contributed by atoms with Crippen LogP contribution in [-0.4, -0.2) is 35.2 Å². The summed E-state index contributed by atoms with van der Waals surface area (Å²) in [5.41, 5.74) is 0. The molecule has 3 atom stereocenters. The van der Waals surface area contributed by atoms with Gasteiger partial charge in [0.2, 0.25) is 0 Å². The Hall–Kier alpha value is -0.0800. The van der Waals surface area contributed by atoms with Gasteiger partial charge in [-0.1, -0.05) is 6.42 Å². The van der Waals surface area contributed by atoms with Crippen molar-refractivity contribution in [2.45, 2.75) is 63.6 Å². The summed E-state index contributed by atoms with van der Waals surface area (Å²) in [4.78, 5) is 2.43. The lowest BCUT2D eigenvalue weighted by molar-refractivity contribution is 0.0330. The van der Waals surface area contributed by atoms with E-state index >= 15 is 0 Å². The second-order valence-electron chi connectivity index (χ2n) is 5.16. The molecule has 2 aliphatic rings. The molecule has 0 heterocycles. The van der Waals surface area contributed by atoms with Gasteiger partial charge in [0.1, 0.15) is 0 Å². The Balaban J connectivity index is 1.89. The fourth-order valence-electron chi connectivity index (χ4n) is 2.95.